The highest BCUT2D eigenvalue weighted by molar-refractivity contribution is 5.91. The Balaban J connectivity index is 0.000000593. The second-order valence-corrected chi connectivity index (χ2v) is 5.28. The standard InChI is InChI=1S/C13H15NO5.C2H4O2/c14-5-4-13(12(18)19)6-9-7(10(13)15)2-1-3-8(9)11(16)17;1-2(3)4/h1-3,10,15H,4-6,14H2,(H,16,17)(H,18,19);1H3,(H,3,4). The summed E-state index contributed by atoms with van der Waals surface area (Å²) in [6.07, 6.45) is -1.15. The van der Waals surface area contributed by atoms with Crippen LogP contribution in [0.2, 0.25) is 0 Å². The van der Waals surface area contributed by atoms with Crippen LogP contribution in [0.1, 0.15) is 40.9 Å². The molecule has 23 heavy (non-hydrogen) atoms. The van der Waals surface area contributed by atoms with Gasteiger partial charge in [0.05, 0.1) is 11.7 Å². The molecule has 0 aliphatic heterocycles. The van der Waals surface area contributed by atoms with Crippen LogP contribution in [0, 0.1) is 5.41 Å². The highest BCUT2D eigenvalue weighted by Gasteiger charge is 2.51. The first-order valence-electron chi connectivity index (χ1n) is 6.83. The number of rotatable bonds is 4. The van der Waals surface area contributed by atoms with Crippen molar-refractivity contribution in [1.29, 1.82) is 0 Å². The molecule has 2 atom stereocenters. The Labute approximate surface area is 132 Å². The fourth-order valence-corrected chi connectivity index (χ4v) is 2.75. The lowest BCUT2D eigenvalue weighted by Gasteiger charge is -2.27. The summed E-state index contributed by atoms with van der Waals surface area (Å²) in [7, 11) is 0. The number of carboxylic acid groups (broad SMARTS) is 3. The van der Waals surface area contributed by atoms with Gasteiger partial charge in [-0.25, -0.2) is 4.79 Å². The Morgan fingerprint density at radius 1 is 1.26 bits per heavy atom. The van der Waals surface area contributed by atoms with E-state index < -0.39 is 29.4 Å². The first-order valence-corrected chi connectivity index (χ1v) is 6.83. The van der Waals surface area contributed by atoms with E-state index >= 15 is 0 Å². The number of aromatic carboxylic acids is 1. The molecule has 8 heteroatoms. The summed E-state index contributed by atoms with van der Waals surface area (Å²) in [5.74, 6) is -3.11. The summed E-state index contributed by atoms with van der Waals surface area (Å²) in [6.45, 7) is 1.19. The topological polar surface area (TPSA) is 158 Å². The van der Waals surface area contributed by atoms with Crippen LogP contribution in [-0.2, 0) is 16.0 Å². The van der Waals surface area contributed by atoms with E-state index in [4.69, 9.17) is 20.7 Å². The molecule has 0 saturated heterocycles. The van der Waals surface area contributed by atoms with Gasteiger partial charge in [0, 0.05) is 6.92 Å². The molecule has 6 N–H and O–H groups in total. The zero-order chi connectivity index (χ0) is 17.8. The summed E-state index contributed by atoms with van der Waals surface area (Å²) < 4.78 is 0. The van der Waals surface area contributed by atoms with Crippen molar-refractivity contribution in [3.05, 3.63) is 34.9 Å². The maximum Gasteiger partial charge on any atom is 0.335 e. The molecule has 1 aliphatic rings. The van der Waals surface area contributed by atoms with E-state index in [0.29, 0.717) is 11.1 Å². The minimum absolute atomic E-state index is 0.0154. The van der Waals surface area contributed by atoms with Gasteiger partial charge in [-0.2, -0.15) is 0 Å². The van der Waals surface area contributed by atoms with Crippen molar-refractivity contribution >= 4 is 17.9 Å². The lowest BCUT2D eigenvalue weighted by Crippen LogP contribution is -2.37. The highest BCUT2D eigenvalue weighted by atomic mass is 16.4. The number of aliphatic hydroxyl groups is 1. The van der Waals surface area contributed by atoms with Gasteiger partial charge < -0.3 is 26.2 Å². The molecule has 0 spiro atoms. The summed E-state index contributed by atoms with van der Waals surface area (Å²) in [6, 6.07) is 4.48. The molecule has 1 aromatic rings. The van der Waals surface area contributed by atoms with E-state index in [1.165, 1.54) is 12.1 Å². The number of carbonyl (C=O) groups is 3. The van der Waals surface area contributed by atoms with Gasteiger partial charge in [0.25, 0.3) is 5.97 Å². The number of nitrogens with two attached hydrogens (primary N) is 1. The zero-order valence-corrected chi connectivity index (χ0v) is 12.5. The number of aliphatic carboxylic acids is 2. The normalized spacial score (nSPS) is 21.8. The van der Waals surface area contributed by atoms with Crippen molar-refractivity contribution in [2.75, 3.05) is 6.54 Å². The number of aliphatic hydroxyl groups excluding tert-OH is 1. The van der Waals surface area contributed by atoms with Crippen LogP contribution < -0.4 is 5.73 Å². The third kappa shape index (κ3) is 3.66. The molecule has 0 amide bonds. The SMILES string of the molecule is CC(=O)O.NCCC1(C(=O)O)Cc2c(C(=O)O)cccc2C1O. The molecule has 0 fully saturated rings. The molecule has 1 aromatic carbocycles. The van der Waals surface area contributed by atoms with Crippen LogP contribution in [0.4, 0.5) is 0 Å². The fraction of sp³-hybridized carbons (Fsp3) is 0.400. The smallest absolute Gasteiger partial charge is 0.335 e. The second kappa shape index (κ2) is 7.21. The van der Waals surface area contributed by atoms with Gasteiger partial charge in [0.2, 0.25) is 0 Å². The lowest BCUT2D eigenvalue weighted by atomic mass is 9.79. The van der Waals surface area contributed by atoms with Gasteiger partial charge in [0.15, 0.2) is 0 Å². The highest BCUT2D eigenvalue weighted by Crippen LogP contribution is 2.49. The molecule has 2 rings (SSSR count). The number of hydrogen-bond acceptors (Lipinski definition) is 5. The molecular formula is C15H19NO7. The predicted octanol–water partition coefficient (Wildman–Crippen LogP) is 0.485. The van der Waals surface area contributed by atoms with Crippen molar-refractivity contribution in [2.45, 2.75) is 25.9 Å². The largest absolute Gasteiger partial charge is 0.481 e. The van der Waals surface area contributed by atoms with Gasteiger partial charge in [-0.3, -0.25) is 9.59 Å². The summed E-state index contributed by atoms with van der Waals surface area (Å²) in [4.78, 5) is 31.7. The molecule has 0 radical (unpaired) electrons. The van der Waals surface area contributed by atoms with Gasteiger partial charge in [-0.05, 0) is 36.6 Å². The van der Waals surface area contributed by atoms with Crippen LogP contribution in [0.15, 0.2) is 18.2 Å². The Kier molecular flexibility index (Phi) is 5.83. The van der Waals surface area contributed by atoms with Crippen molar-refractivity contribution in [3.63, 3.8) is 0 Å². The molecular weight excluding hydrogens is 306 g/mol. The van der Waals surface area contributed by atoms with E-state index in [2.05, 4.69) is 0 Å². The first kappa shape index (κ1) is 18.6. The molecule has 0 bridgehead atoms. The van der Waals surface area contributed by atoms with E-state index in [-0.39, 0.29) is 24.9 Å². The van der Waals surface area contributed by atoms with E-state index in [1.54, 1.807) is 6.07 Å². The van der Waals surface area contributed by atoms with Gasteiger partial charge >= 0.3 is 11.9 Å². The maximum absolute atomic E-state index is 11.5. The van der Waals surface area contributed by atoms with Crippen molar-refractivity contribution in [3.8, 4) is 0 Å². The van der Waals surface area contributed by atoms with Gasteiger partial charge in [0.1, 0.15) is 5.41 Å². The monoisotopic (exact) mass is 325 g/mol. The number of carboxylic acids is 3. The third-order valence-electron chi connectivity index (χ3n) is 3.77. The van der Waals surface area contributed by atoms with Crippen LogP contribution in [0.25, 0.3) is 0 Å². The van der Waals surface area contributed by atoms with Crippen LogP contribution in [-0.4, -0.2) is 44.9 Å². The number of benzene rings is 1. The fourth-order valence-electron chi connectivity index (χ4n) is 2.75. The molecule has 0 saturated carbocycles. The Hall–Kier alpha value is -2.45. The second-order valence-electron chi connectivity index (χ2n) is 5.28. The summed E-state index contributed by atoms with van der Waals surface area (Å²) >= 11 is 0. The molecule has 8 nitrogen and oxygen atoms in total. The third-order valence-corrected chi connectivity index (χ3v) is 3.77. The summed E-state index contributed by atoms with van der Waals surface area (Å²) in [5.41, 5.74) is 4.80. The van der Waals surface area contributed by atoms with E-state index in [1.807, 2.05) is 0 Å². The van der Waals surface area contributed by atoms with Crippen molar-refractivity contribution in [2.24, 2.45) is 11.1 Å². The Morgan fingerprint density at radius 3 is 2.26 bits per heavy atom. The molecule has 126 valence electrons. The Bertz CT molecular complexity index is 624. The summed E-state index contributed by atoms with van der Waals surface area (Å²) in [5, 5.41) is 36.2. The zero-order valence-electron chi connectivity index (χ0n) is 12.5. The van der Waals surface area contributed by atoms with Crippen LogP contribution in [0.5, 0.6) is 0 Å². The number of fused-ring (bicyclic) bond motifs is 1. The van der Waals surface area contributed by atoms with Gasteiger partial charge in [-0.1, -0.05) is 12.1 Å². The van der Waals surface area contributed by atoms with E-state index in [0.717, 1.165) is 6.92 Å². The molecule has 0 aromatic heterocycles. The molecule has 0 heterocycles. The van der Waals surface area contributed by atoms with Crippen molar-refractivity contribution < 1.29 is 34.8 Å². The van der Waals surface area contributed by atoms with Crippen molar-refractivity contribution in [1.82, 2.24) is 0 Å². The quantitative estimate of drug-likeness (QED) is 0.535. The molecule has 1 aliphatic carbocycles. The minimum Gasteiger partial charge on any atom is -0.481 e. The lowest BCUT2D eigenvalue weighted by molar-refractivity contribution is -0.156. The number of hydrogen-bond donors (Lipinski definition) is 5. The maximum atomic E-state index is 11.5. The molecule has 2 unspecified atom stereocenters. The predicted molar refractivity (Wildman–Crippen MR) is 79.1 cm³/mol. The minimum atomic E-state index is -1.43. The Morgan fingerprint density at radius 2 is 1.83 bits per heavy atom. The van der Waals surface area contributed by atoms with Crippen LogP contribution in [0.3, 0.4) is 0 Å². The van der Waals surface area contributed by atoms with Gasteiger partial charge in [-0.15, -0.1) is 0 Å². The first-order chi connectivity index (χ1) is 10.7. The van der Waals surface area contributed by atoms with E-state index in [9.17, 15) is 19.8 Å². The average molecular weight is 325 g/mol. The van der Waals surface area contributed by atoms with Crippen LogP contribution >= 0.6 is 0 Å². The average Bonchev–Trinajstić information content (AvgIpc) is 2.73.